The fourth-order valence-electron chi connectivity index (χ4n) is 1.52. The Hall–Kier alpha value is -0.850. The molecule has 0 N–H and O–H groups in total. The second kappa shape index (κ2) is 9.70. The van der Waals surface area contributed by atoms with Crippen LogP contribution < -0.4 is 0 Å². The second-order valence-corrected chi connectivity index (χ2v) is 4.24. The van der Waals surface area contributed by atoms with Gasteiger partial charge in [-0.2, -0.15) is 0 Å². The van der Waals surface area contributed by atoms with Crippen molar-refractivity contribution in [1.82, 2.24) is 0 Å². The first kappa shape index (κ1) is 14.2. The van der Waals surface area contributed by atoms with E-state index in [1.165, 1.54) is 12.8 Å². The Labute approximate surface area is 94.3 Å². The molecule has 0 saturated heterocycles. The van der Waals surface area contributed by atoms with Crippen LogP contribution in [0.1, 0.15) is 46.5 Å². The molecule has 15 heavy (non-hydrogen) atoms. The van der Waals surface area contributed by atoms with Crippen molar-refractivity contribution in [3.63, 3.8) is 0 Å². The third-order valence-electron chi connectivity index (χ3n) is 2.41. The molecular weight excluding hydrogens is 184 g/mol. The molecule has 0 aliphatic rings. The van der Waals surface area contributed by atoms with Gasteiger partial charge in [-0.25, -0.2) is 0 Å². The van der Waals surface area contributed by atoms with Crippen LogP contribution >= 0.6 is 0 Å². The lowest BCUT2D eigenvalue weighted by Gasteiger charge is -2.04. The standard InChI is InChI=1S/C14H24O/c1-4-8-13(2)10-7-11-14(3)9-5-6-12-15/h5,7,9-10,12-14H,4,6,8,11H2,1-3H3/b9-5+,10-7+. The maximum atomic E-state index is 10.1. The molecule has 0 aromatic rings. The van der Waals surface area contributed by atoms with Crippen molar-refractivity contribution >= 4 is 6.29 Å². The van der Waals surface area contributed by atoms with Gasteiger partial charge in [0.1, 0.15) is 6.29 Å². The Morgan fingerprint density at radius 3 is 2.33 bits per heavy atom. The zero-order chi connectivity index (χ0) is 11.5. The molecule has 0 radical (unpaired) electrons. The van der Waals surface area contributed by atoms with Gasteiger partial charge in [-0.05, 0) is 24.7 Å². The summed E-state index contributed by atoms with van der Waals surface area (Å²) in [5.41, 5.74) is 0. The predicted octanol–water partition coefficient (Wildman–Crippen LogP) is 4.15. The fourth-order valence-corrected chi connectivity index (χ4v) is 1.52. The topological polar surface area (TPSA) is 17.1 Å². The van der Waals surface area contributed by atoms with Crippen LogP contribution in [0.15, 0.2) is 24.3 Å². The van der Waals surface area contributed by atoms with Crippen molar-refractivity contribution in [2.45, 2.75) is 46.5 Å². The van der Waals surface area contributed by atoms with E-state index in [1.54, 1.807) is 0 Å². The van der Waals surface area contributed by atoms with Crippen molar-refractivity contribution in [1.29, 1.82) is 0 Å². The van der Waals surface area contributed by atoms with Gasteiger partial charge in [0, 0.05) is 6.42 Å². The summed E-state index contributed by atoms with van der Waals surface area (Å²) >= 11 is 0. The maximum Gasteiger partial charge on any atom is 0.123 e. The first-order chi connectivity index (χ1) is 7.20. The largest absolute Gasteiger partial charge is 0.303 e. The Balaban J connectivity index is 3.68. The summed E-state index contributed by atoms with van der Waals surface area (Å²) in [5, 5.41) is 0. The summed E-state index contributed by atoms with van der Waals surface area (Å²) in [6.07, 6.45) is 13.7. The average Bonchev–Trinajstić information content (AvgIpc) is 2.18. The molecule has 1 nitrogen and oxygen atoms in total. The van der Waals surface area contributed by atoms with Crippen LogP contribution in [0.5, 0.6) is 0 Å². The van der Waals surface area contributed by atoms with Crippen molar-refractivity contribution in [2.24, 2.45) is 11.8 Å². The quantitative estimate of drug-likeness (QED) is 0.432. The van der Waals surface area contributed by atoms with Crippen molar-refractivity contribution in [3.05, 3.63) is 24.3 Å². The lowest BCUT2D eigenvalue weighted by molar-refractivity contribution is -0.107. The summed E-state index contributed by atoms with van der Waals surface area (Å²) in [6.45, 7) is 6.65. The molecule has 2 unspecified atom stereocenters. The molecule has 0 rings (SSSR count). The lowest BCUT2D eigenvalue weighted by Crippen LogP contribution is -1.90. The zero-order valence-corrected chi connectivity index (χ0v) is 10.3. The first-order valence-electron chi connectivity index (χ1n) is 5.97. The van der Waals surface area contributed by atoms with E-state index in [2.05, 4.69) is 39.0 Å². The number of allylic oxidation sites excluding steroid dienone is 4. The van der Waals surface area contributed by atoms with Gasteiger partial charge in [0.2, 0.25) is 0 Å². The van der Waals surface area contributed by atoms with Crippen LogP contribution in [0.4, 0.5) is 0 Å². The molecule has 86 valence electrons. The minimum absolute atomic E-state index is 0.537. The Bertz CT molecular complexity index is 203. The van der Waals surface area contributed by atoms with Crippen LogP contribution in [0.2, 0.25) is 0 Å². The molecule has 1 heteroatoms. The number of aldehydes is 1. The van der Waals surface area contributed by atoms with Crippen LogP contribution in [-0.4, -0.2) is 6.29 Å². The van der Waals surface area contributed by atoms with Gasteiger partial charge in [-0.3, -0.25) is 0 Å². The molecule has 0 amide bonds. The molecule has 0 fully saturated rings. The molecular formula is C14H24O. The minimum Gasteiger partial charge on any atom is -0.303 e. The Morgan fingerprint density at radius 2 is 1.73 bits per heavy atom. The third-order valence-corrected chi connectivity index (χ3v) is 2.41. The highest BCUT2D eigenvalue weighted by atomic mass is 16.1. The van der Waals surface area contributed by atoms with Gasteiger partial charge in [0.25, 0.3) is 0 Å². The summed E-state index contributed by atoms with van der Waals surface area (Å²) in [7, 11) is 0. The van der Waals surface area contributed by atoms with E-state index < -0.39 is 0 Å². The first-order valence-corrected chi connectivity index (χ1v) is 5.97. The molecule has 0 aromatic carbocycles. The van der Waals surface area contributed by atoms with Crippen molar-refractivity contribution in [3.8, 4) is 0 Å². The molecule has 2 atom stereocenters. The predicted molar refractivity (Wildman–Crippen MR) is 66.8 cm³/mol. The van der Waals surface area contributed by atoms with Gasteiger partial charge >= 0.3 is 0 Å². The van der Waals surface area contributed by atoms with Crippen LogP contribution in [0.3, 0.4) is 0 Å². The molecule has 0 saturated carbocycles. The summed E-state index contributed by atoms with van der Waals surface area (Å²) < 4.78 is 0. The third kappa shape index (κ3) is 9.45. The highest BCUT2D eigenvalue weighted by molar-refractivity contribution is 5.51. The van der Waals surface area contributed by atoms with Crippen molar-refractivity contribution < 1.29 is 4.79 Å². The van der Waals surface area contributed by atoms with E-state index in [-0.39, 0.29) is 0 Å². The molecule has 0 aromatic heterocycles. The maximum absolute atomic E-state index is 10.1. The highest BCUT2D eigenvalue weighted by Gasteiger charge is 1.95. The molecule has 0 aliphatic heterocycles. The van der Waals surface area contributed by atoms with Crippen LogP contribution in [-0.2, 0) is 4.79 Å². The number of rotatable bonds is 8. The van der Waals surface area contributed by atoms with Gasteiger partial charge < -0.3 is 4.79 Å². The summed E-state index contributed by atoms with van der Waals surface area (Å²) in [6, 6.07) is 0. The lowest BCUT2D eigenvalue weighted by atomic mass is 10.0. The van der Waals surface area contributed by atoms with Crippen LogP contribution in [0, 0.1) is 11.8 Å². The van der Waals surface area contributed by atoms with E-state index in [0.29, 0.717) is 18.3 Å². The molecule has 0 heterocycles. The van der Waals surface area contributed by atoms with Gasteiger partial charge in [-0.15, -0.1) is 0 Å². The molecule has 0 aliphatic carbocycles. The second-order valence-electron chi connectivity index (χ2n) is 4.24. The smallest absolute Gasteiger partial charge is 0.123 e. The summed E-state index contributed by atoms with van der Waals surface area (Å²) in [4.78, 5) is 10.1. The van der Waals surface area contributed by atoms with Gasteiger partial charge in [0.15, 0.2) is 0 Å². The Morgan fingerprint density at radius 1 is 1.07 bits per heavy atom. The number of hydrogen-bond acceptors (Lipinski definition) is 1. The van der Waals surface area contributed by atoms with E-state index in [1.807, 2.05) is 6.08 Å². The SMILES string of the molecule is CCCC(C)/C=C/CC(C)/C=C/CC=O. The number of hydrogen-bond donors (Lipinski definition) is 0. The molecule has 0 spiro atoms. The van der Waals surface area contributed by atoms with E-state index >= 15 is 0 Å². The minimum atomic E-state index is 0.537. The Kier molecular flexibility index (Phi) is 9.15. The van der Waals surface area contributed by atoms with Crippen LogP contribution in [0.25, 0.3) is 0 Å². The zero-order valence-electron chi connectivity index (χ0n) is 10.3. The average molecular weight is 208 g/mol. The fraction of sp³-hybridized carbons (Fsp3) is 0.643. The number of carbonyl (C=O) groups excluding carboxylic acids is 1. The van der Waals surface area contributed by atoms with Gasteiger partial charge in [0.05, 0.1) is 0 Å². The van der Waals surface area contributed by atoms with E-state index in [9.17, 15) is 4.79 Å². The van der Waals surface area contributed by atoms with E-state index in [0.717, 1.165) is 12.7 Å². The summed E-state index contributed by atoms with van der Waals surface area (Å²) in [5.74, 6) is 1.23. The molecule has 0 bridgehead atoms. The van der Waals surface area contributed by atoms with Gasteiger partial charge in [-0.1, -0.05) is 51.5 Å². The van der Waals surface area contributed by atoms with E-state index in [4.69, 9.17) is 0 Å². The highest BCUT2D eigenvalue weighted by Crippen LogP contribution is 2.10. The monoisotopic (exact) mass is 208 g/mol. The normalized spacial score (nSPS) is 15.9. The van der Waals surface area contributed by atoms with Crippen molar-refractivity contribution in [2.75, 3.05) is 0 Å². The number of carbonyl (C=O) groups is 1.